The molecule has 2 atom stereocenters. The number of aromatic nitrogens is 2. The minimum absolute atomic E-state index is 0.0861. The van der Waals surface area contributed by atoms with Crippen molar-refractivity contribution in [1.29, 1.82) is 0 Å². The van der Waals surface area contributed by atoms with E-state index in [9.17, 15) is 22.8 Å². The van der Waals surface area contributed by atoms with Crippen molar-refractivity contribution in [2.45, 2.75) is 57.8 Å². The molecule has 8 heteroatoms. The van der Waals surface area contributed by atoms with Gasteiger partial charge in [0.15, 0.2) is 0 Å². The molecule has 1 aliphatic heterocycles. The van der Waals surface area contributed by atoms with Crippen LogP contribution < -0.4 is 0 Å². The van der Waals surface area contributed by atoms with Crippen molar-refractivity contribution in [3.05, 3.63) is 18.7 Å². The van der Waals surface area contributed by atoms with Crippen LogP contribution in [0.15, 0.2) is 18.7 Å². The molecular weight excluding hydrogens is 323 g/mol. The first-order valence-corrected chi connectivity index (χ1v) is 8.23. The SMILES string of the molecule is CCCCCC1C(=O)C(=O)N(CCCn2ccnc2)C1C(F)(F)F. The average molecular weight is 345 g/mol. The van der Waals surface area contributed by atoms with Crippen LogP contribution in [-0.2, 0) is 16.1 Å². The second kappa shape index (κ2) is 7.81. The van der Waals surface area contributed by atoms with E-state index in [-0.39, 0.29) is 13.0 Å². The maximum absolute atomic E-state index is 13.5. The molecule has 0 bridgehead atoms. The van der Waals surface area contributed by atoms with Gasteiger partial charge in [0.1, 0.15) is 6.04 Å². The molecule has 134 valence electrons. The van der Waals surface area contributed by atoms with Gasteiger partial charge in [0.2, 0.25) is 5.78 Å². The number of alkyl halides is 3. The number of Topliss-reactive ketones (excluding diaryl/α,β-unsaturated/α-hetero) is 1. The van der Waals surface area contributed by atoms with Crippen LogP contribution in [0.25, 0.3) is 0 Å². The van der Waals surface area contributed by atoms with E-state index in [0.717, 1.165) is 17.7 Å². The lowest BCUT2D eigenvalue weighted by molar-refractivity contribution is -0.189. The summed E-state index contributed by atoms with van der Waals surface area (Å²) < 4.78 is 42.1. The number of hydrogen-bond acceptors (Lipinski definition) is 3. The second-order valence-corrected chi connectivity index (χ2v) is 6.11. The first-order valence-electron chi connectivity index (χ1n) is 8.23. The van der Waals surface area contributed by atoms with Crippen molar-refractivity contribution in [3.63, 3.8) is 0 Å². The number of carbonyl (C=O) groups excluding carboxylic acids is 2. The van der Waals surface area contributed by atoms with E-state index in [2.05, 4.69) is 4.98 Å². The van der Waals surface area contributed by atoms with Gasteiger partial charge in [-0.15, -0.1) is 0 Å². The minimum atomic E-state index is -4.59. The van der Waals surface area contributed by atoms with Crippen LogP contribution in [0.2, 0.25) is 0 Å². The largest absolute Gasteiger partial charge is 0.409 e. The topological polar surface area (TPSA) is 55.2 Å². The van der Waals surface area contributed by atoms with Gasteiger partial charge in [0.05, 0.1) is 12.2 Å². The zero-order valence-electron chi connectivity index (χ0n) is 13.6. The maximum Gasteiger partial charge on any atom is 0.409 e. The number of hydrogen-bond donors (Lipinski definition) is 0. The maximum atomic E-state index is 13.5. The van der Waals surface area contributed by atoms with Crippen molar-refractivity contribution >= 4 is 11.7 Å². The number of unbranched alkanes of at least 4 members (excludes halogenated alkanes) is 2. The summed E-state index contributed by atoms with van der Waals surface area (Å²) in [6.45, 7) is 2.30. The molecule has 1 aliphatic rings. The summed E-state index contributed by atoms with van der Waals surface area (Å²) >= 11 is 0. The molecule has 2 unspecified atom stereocenters. The standard InChI is InChI=1S/C16H22F3N3O2/c1-2-3-4-6-12-13(23)15(24)22(14(12)16(17,18)19)9-5-8-21-10-7-20-11-21/h7,10-12,14H,2-6,8-9H2,1H3. The third-order valence-corrected chi connectivity index (χ3v) is 4.35. The van der Waals surface area contributed by atoms with Gasteiger partial charge in [-0.1, -0.05) is 26.2 Å². The van der Waals surface area contributed by atoms with Crippen molar-refractivity contribution < 1.29 is 22.8 Å². The van der Waals surface area contributed by atoms with Gasteiger partial charge in [-0.05, 0) is 12.8 Å². The highest BCUT2D eigenvalue weighted by molar-refractivity contribution is 6.39. The highest BCUT2D eigenvalue weighted by Gasteiger charge is 2.58. The van der Waals surface area contributed by atoms with Gasteiger partial charge >= 0.3 is 6.18 Å². The highest BCUT2D eigenvalue weighted by Crippen LogP contribution is 2.38. The van der Waals surface area contributed by atoms with Crippen molar-refractivity contribution in [2.75, 3.05) is 6.54 Å². The number of ketones is 1. The lowest BCUT2D eigenvalue weighted by Gasteiger charge is -2.29. The Bertz CT molecular complexity index is 557. The predicted molar refractivity (Wildman–Crippen MR) is 81.0 cm³/mol. The summed E-state index contributed by atoms with van der Waals surface area (Å²) in [5.74, 6) is -3.15. The predicted octanol–water partition coefficient (Wildman–Crippen LogP) is 2.81. The molecule has 0 radical (unpaired) electrons. The van der Waals surface area contributed by atoms with Crippen LogP contribution >= 0.6 is 0 Å². The van der Waals surface area contributed by atoms with Crippen molar-refractivity contribution in [1.82, 2.24) is 14.5 Å². The summed E-state index contributed by atoms with van der Waals surface area (Å²) in [6.07, 6.45) is 2.82. The van der Waals surface area contributed by atoms with Crippen LogP contribution in [0, 0.1) is 5.92 Å². The van der Waals surface area contributed by atoms with E-state index in [1.165, 1.54) is 0 Å². The molecule has 0 saturated carbocycles. The lowest BCUT2D eigenvalue weighted by atomic mass is 9.92. The van der Waals surface area contributed by atoms with Gasteiger partial charge < -0.3 is 9.47 Å². The number of aryl methyl sites for hydroxylation is 1. The molecule has 1 saturated heterocycles. The Morgan fingerprint density at radius 2 is 1.92 bits per heavy atom. The fourth-order valence-electron chi connectivity index (χ4n) is 3.18. The van der Waals surface area contributed by atoms with E-state index in [0.29, 0.717) is 19.4 Å². The lowest BCUT2D eigenvalue weighted by Crippen LogP contribution is -2.46. The fraction of sp³-hybridized carbons (Fsp3) is 0.688. The van der Waals surface area contributed by atoms with Crippen molar-refractivity contribution in [2.24, 2.45) is 5.92 Å². The summed E-state index contributed by atoms with van der Waals surface area (Å²) in [6, 6.07) is -1.99. The quantitative estimate of drug-likeness (QED) is 0.538. The van der Waals surface area contributed by atoms with Crippen LogP contribution in [0.5, 0.6) is 0 Å². The average Bonchev–Trinajstić information content (AvgIpc) is 3.10. The number of amides is 1. The Hall–Kier alpha value is -1.86. The summed E-state index contributed by atoms with van der Waals surface area (Å²) in [5.41, 5.74) is 0. The fourth-order valence-corrected chi connectivity index (χ4v) is 3.18. The van der Waals surface area contributed by atoms with Crippen molar-refractivity contribution in [3.8, 4) is 0 Å². The van der Waals surface area contributed by atoms with Gasteiger partial charge in [-0.3, -0.25) is 9.59 Å². The number of carbonyl (C=O) groups is 2. The number of imidazole rings is 1. The third-order valence-electron chi connectivity index (χ3n) is 4.35. The molecule has 2 heterocycles. The molecule has 0 aromatic carbocycles. The van der Waals surface area contributed by atoms with E-state index in [1.807, 2.05) is 6.92 Å². The van der Waals surface area contributed by atoms with Crippen LogP contribution in [0.1, 0.15) is 39.0 Å². The van der Waals surface area contributed by atoms with Crippen LogP contribution in [-0.4, -0.2) is 44.9 Å². The zero-order chi connectivity index (χ0) is 17.7. The molecule has 0 spiro atoms. The molecule has 1 aromatic heterocycles. The molecule has 5 nitrogen and oxygen atoms in total. The first kappa shape index (κ1) is 18.5. The number of nitrogens with zero attached hydrogens (tertiary/aromatic N) is 3. The Morgan fingerprint density at radius 3 is 2.50 bits per heavy atom. The summed E-state index contributed by atoms with van der Waals surface area (Å²) in [5, 5.41) is 0. The molecule has 0 aliphatic carbocycles. The summed E-state index contributed by atoms with van der Waals surface area (Å²) in [4.78, 5) is 28.7. The molecular formula is C16H22F3N3O2. The normalized spacial score (nSPS) is 21.8. The molecule has 1 aromatic rings. The minimum Gasteiger partial charge on any atom is -0.337 e. The number of halogens is 3. The van der Waals surface area contributed by atoms with E-state index in [1.54, 1.807) is 23.3 Å². The monoisotopic (exact) mass is 345 g/mol. The number of rotatable bonds is 8. The highest BCUT2D eigenvalue weighted by atomic mass is 19.4. The Balaban J connectivity index is 2.05. The molecule has 24 heavy (non-hydrogen) atoms. The van der Waals surface area contributed by atoms with E-state index < -0.39 is 29.8 Å². The first-order chi connectivity index (χ1) is 11.4. The Morgan fingerprint density at radius 1 is 1.17 bits per heavy atom. The van der Waals surface area contributed by atoms with Gasteiger partial charge in [0, 0.05) is 25.5 Å². The van der Waals surface area contributed by atoms with E-state index >= 15 is 0 Å². The van der Waals surface area contributed by atoms with Crippen LogP contribution in [0.4, 0.5) is 13.2 Å². The Labute approximate surface area is 138 Å². The zero-order valence-corrected chi connectivity index (χ0v) is 13.6. The summed E-state index contributed by atoms with van der Waals surface area (Å²) in [7, 11) is 0. The molecule has 1 fully saturated rings. The van der Waals surface area contributed by atoms with Gasteiger partial charge in [0.25, 0.3) is 5.91 Å². The molecule has 2 rings (SSSR count). The van der Waals surface area contributed by atoms with Gasteiger partial charge in [-0.25, -0.2) is 4.98 Å². The molecule has 0 N–H and O–H groups in total. The van der Waals surface area contributed by atoms with Crippen LogP contribution in [0.3, 0.4) is 0 Å². The number of likely N-dealkylation sites (tertiary alicyclic amines) is 1. The third kappa shape index (κ3) is 4.15. The Kier molecular flexibility index (Phi) is 6.01. The van der Waals surface area contributed by atoms with E-state index in [4.69, 9.17) is 0 Å². The molecule has 1 amide bonds. The second-order valence-electron chi connectivity index (χ2n) is 6.11. The smallest absolute Gasteiger partial charge is 0.337 e. The van der Waals surface area contributed by atoms with Gasteiger partial charge in [-0.2, -0.15) is 13.2 Å².